The lowest BCUT2D eigenvalue weighted by Crippen LogP contribution is -2.10. The van der Waals surface area contributed by atoms with E-state index in [1.54, 1.807) is 0 Å². The van der Waals surface area contributed by atoms with Gasteiger partial charge in [-0.25, -0.2) is 0 Å². The molecule has 0 spiro atoms. The van der Waals surface area contributed by atoms with E-state index in [9.17, 15) is 0 Å². The Balaban J connectivity index is 2.07. The van der Waals surface area contributed by atoms with Crippen molar-refractivity contribution >= 4 is 31.9 Å². The largest absolute Gasteiger partial charge is 0.490 e. The summed E-state index contributed by atoms with van der Waals surface area (Å²) in [5.41, 5.74) is 1.24. The maximum absolute atomic E-state index is 5.93. The van der Waals surface area contributed by atoms with E-state index < -0.39 is 0 Å². The fraction of sp³-hybridized carbons (Fsp3) is 0.500. The van der Waals surface area contributed by atoms with E-state index >= 15 is 0 Å². The van der Waals surface area contributed by atoms with Crippen LogP contribution in [0, 0.1) is 0 Å². The fourth-order valence-corrected chi connectivity index (χ4v) is 3.15. The lowest BCUT2D eigenvalue weighted by molar-refractivity contribution is 0.210. The standard InChI is InChI=1S/C12H14Br2O/c13-8-9-7-11(5-6-12(9)14)15-10-3-1-2-4-10/h5-7,10H,1-4,8H2. The van der Waals surface area contributed by atoms with E-state index in [0.29, 0.717) is 6.10 Å². The molecule has 0 radical (unpaired) electrons. The van der Waals surface area contributed by atoms with Crippen LogP contribution in [-0.4, -0.2) is 6.10 Å². The van der Waals surface area contributed by atoms with E-state index in [0.717, 1.165) is 15.6 Å². The van der Waals surface area contributed by atoms with Gasteiger partial charge in [0.15, 0.2) is 0 Å². The molecule has 2 rings (SSSR count). The highest BCUT2D eigenvalue weighted by Gasteiger charge is 2.16. The molecule has 82 valence electrons. The number of alkyl halides is 1. The van der Waals surface area contributed by atoms with Crippen molar-refractivity contribution < 1.29 is 4.74 Å². The molecule has 1 fully saturated rings. The van der Waals surface area contributed by atoms with E-state index in [4.69, 9.17) is 4.74 Å². The normalized spacial score (nSPS) is 16.9. The van der Waals surface area contributed by atoms with E-state index in [-0.39, 0.29) is 0 Å². The molecule has 0 bridgehead atoms. The van der Waals surface area contributed by atoms with Gasteiger partial charge >= 0.3 is 0 Å². The molecule has 0 unspecified atom stereocenters. The number of hydrogen-bond donors (Lipinski definition) is 0. The highest BCUT2D eigenvalue weighted by molar-refractivity contribution is 9.10. The van der Waals surface area contributed by atoms with Crippen LogP contribution in [0.1, 0.15) is 31.2 Å². The molecule has 0 heterocycles. The summed E-state index contributed by atoms with van der Waals surface area (Å²) in [6.07, 6.45) is 5.48. The minimum Gasteiger partial charge on any atom is -0.490 e. The lowest BCUT2D eigenvalue weighted by atomic mass is 10.2. The van der Waals surface area contributed by atoms with Crippen molar-refractivity contribution in [1.82, 2.24) is 0 Å². The molecule has 0 amide bonds. The zero-order chi connectivity index (χ0) is 10.7. The molecule has 15 heavy (non-hydrogen) atoms. The van der Waals surface area contributed by atoms with Crippen LogP contribution in [0.5, 0.6) is 5.75 Å². The molecular formula is C12H14Br2O. The van der Waals surface area contributed by atoms with Gasteiger partial charge in [0, 0.05) is 9.80 Å². The Morgan fingerprint density at radius 3 is 2.67 bits per heavy atom. The first-order chi connectivity index (χ1) is 7.29. The van der Waals surface area contributed by atoms with Crippen LogP contribution in [0.25, 0.3) is 0 Å². The first-order valence-corrected chi connectivity index (χ1v) is 7.22. The van der Waals surface area contributed by atoms with Crippen molar-refractivity contribution in [2.45, 2.75) is 37.1 Å². The van der Waals surface area contributed by atoms with Gasteiger partial charge < -0.3 is 4.74 Å². The number of rotatable bonds is 3. The highest BCUT2D eigenvalue weighted by atomic mass is 79.9. The van der Waals surface area contributed by atoms with Crippen LogP contribution in [0.4, 0.5) is 0 Å². The van der Waals surface area contributed by atoms with E-state index in [1.807, 2.05) is 6.07 Å². The third kappa shape index (κ3) is 2.97. The molecule has 0 aliphatic heterocycles. The zero-order valence-corrected chi connectivity index (χ0v) is 11.7. The monoisotopic (exact) mass is 332 g/mol. The zero-order valence-electron chi connectivity index (χ0n) is 8.51. The summed E-state index contributed by atoms with van der Waals surface area (Å²) in [4.78, 5) is 0. The average molecular weight is 334 g/mol. The summed E-state index contributed by atoms with van der Waals surface area (Å²) in [5, 5.41) is 0.857. The average Bonchev–Trinajstić information content (AvgIpc) is 2.73. The van der Waals surface area contributed by atoms with Gasteiger partial charge in [0.25, 0.3) is 0 Å². The minimum absolute atomic E-state index is 0.439. The number of halogens is 2. The van der Waals surface area contributed by atoms with Crippen LogP contribution in [-0.2, 0) is 5.33 Å². The van der Waals surface area contributed by atoms with Gasteiger partial charge in [-0.2, -0.15) is 0 Å². The lowest BCUT2D eigenvalue weighted by Gasteiger charge is -2.14. The van der Waals surface area contributed by atoms with Gasteiger partial charge in [-0.15, -0.1) is 0 Å². The summed E-state index contributed by atoms with van der Waals surface area (Å²) in [6.45, 7) is 0. The van der Waals surface area contributed by atoms with Crippen molar-refractivity contribution in [2.75, 3.05) is 0 Å². The predicted octanol–water partition coefficient (Wildman–Crippen LogP) is 4.67. The van der Waals surface area contributed by atoms with Crippen LogP contribution in [0.15, 0.2) is 22.7 Å². The van der Waals surface area contributed by atoms with Crippen LogP contribution < -0.4 is 4.74 Å². The van der Waals surface area contributed by atoms with Crippen molar-refractivity contribution in [1.29, 1.82) is 0 Å². The molecule has 1 aliphatic rings. The third-order valence-electron chi connectivity index (χ3n) is 2.77. The Bertz CT molecular complexity index is 332. The smallest absolute Gasteiger partial charge is 0.120 e. The second-order valence-electron chi connectivity index (χ2n) is 3.91. The Morgan fingerprint density at radius 2 is 2.00 bits per heavy atom. The molecule has 0 saturated heterocycles. The Hall–Kier alpha value is -0.0200. The quantitative estimate of drug-likeness (QED) is 0.731. The molecule has 1 aromatic carbocycles. The van der Waals surface area contributed by atoms with Gasteiger partial charge in [-0.3, -0.25) is 0 Å². The Kier molecular flexibility index (Phi) is 4.09. The summed E-state index contributed by atoms with van der Waals surface area (Å²) in [5.74, 6) is 1.000. The molecule has 0 N–H and O–H groups in total. The van der Waals surface area contributed by atoms with Crippen LogP contribution in [0.2, 0.25) is 0 Å². The number of ether oxygens (including phenoxy) is 1. The maximum atomic E-state index is 5.93. The van der Waals surface area contributed by atoms with Crippen LogP contribution in [0.3, 0.4) is 0 Å². The molecule has 0 aromatic heterocycles. The van der Waals surface area contributed by atoms with E-state index in [1.165, 1.54) is 31.2 Å². The third-order valence-corrected chi connectivity index (χ3v) is 4.14. The maximum Gasteiger partial charge on any atom is 0.120 e. The summed E-state index contributed by atoms with van der Waals surface area (Å²) in [6, 6.07) is 6.20. The predicted molar refractivity (Wildman–Crippen MR) is 69.7 cm³/mol. The highest BCUT2D eigenvalue weighted by Crippen LogP contribution is 2.28. The second-order valence-corrected chi connectivity index (χ2v) is 5.33. The summed E-state index contributed by atoms with van der Waals surface area (Å²) in [7, 11) is 0. The van der Waals surface area contributed by atoms with Crippen molar-refractivity contribution in [3.05, 3.63) is 28.2 Å². The van der Waals surface area contributed by atoms with Gasteiger partial charge in [0.2, 0.25) is 0 Å². The summed E-state index contributed by atoms with van der Waals surface area (Å²) >= 11 is 6.99. The molecular weight excluding hydrogens is 320 g/mol. The Morgan fingerprint density at radius 1 is 1.27 bits per heavy atom. The summed E-state index contributed by atoms with van der Waals surface area (Å²) < 4.78 is 7.07. The molecule has 1 nitrogen and oxygen atoms in total. The second kappa shape index (κ2) is 5.35. The topological polar surface area (TPSA) is 9.23 Å². The SMILES string of the molecule is BrCc1cc(OC2CCCC2)ccc1Br. The molecule has 3 heteroatoms. The molecule has 1 aliphatic carbocycles. The van der Waals surface area contributed by atoms with Gasteiger partial charge in [0.05, 0.1) is 6.10 Å². The molecule has 1 saturated carbocycles. The van der Waals surface area contributed by atoms with E-state index in [2.05, 4.69) is 44.0 Å². The van der Waals surface area contributed by atoms with Gasteiger partial charge in [-0.05, 0) is 49.4 Å². The Labute approximate surface area is 107 Å². The van der Waals surface area contributed by atoms with Crippen LogP contribution >= 0.6 is 31.9 Å². The first kappa shape index (κ1) is 11.5. The molecule has 1 aromatic rings. The first-order valence-electron chi connectivity index (χ1n) is 5.30. The molecule has 0 atom stereocenters. The fourth-order valence-electron chi connectivity index (χ4n) is 1.93. The van der Waals surface area contributed by atoms with Crippen molar-refractivity contribution in [2.24, 2.45) is 0 Å². The van der Waals surface area contributed by atoms with Gasteiger partial charge in [-0.1, -0.05) is 31.9 Å². The van der Waals surface area contributed by atoms with Crippen molar-refractivity contribution in [3.8, 4) is 5.75 Å². The minimum atomic E-state index is 0.439. The van der Waals surface area contributed by atoms with Gasteiger partial charge in [0.1, 0.15) is 5.75 Å². The number of hydrogen-bond acceptors (Lipinski definition) is 1. The number of benzene rings is 1. The van der Waals surface area contributed by atoms with Crippen molar-refractivity contribution in [3.63, 3.8) is 0 Å².